The number of hydrogen-bond acceptors (Lipinski definition) is 1. The molecule has 0 aromatic heterocycles. The molecule has 0 bridgehead atoms. The second kappa shape index (κ2) is 8.28. The summed E-state index contributed by atoms with van der Waals surface area (Å²) in [5.74, 6) is 0. The molecule has 11 heavy (non-hydrogen) atoms. The predicted molar refractivity (Wildman–Crippen MR) is 53.7 cm³/mol. The van der Waals surface area contributed by atoms with Crippen LogP contribution in [0.15, 0.2) is 0 Å². The van der Waals surface area contributed by atoms with E-state index in [2.05, 4.69) is 20.8 Å². The summed E-state index contributed by atoms with van der Waals surface area (Å²) in [6.45, 7) is 6.50. The maximum Gasteiger partial charge on any atom is 0.161 e. The van der Waals surface area contributed by atoms with E-state index in [0.717, 1.165) is 0 Å². The van der Waals surface area contributed by atoms with Gasteiger partial charge in [0.25, 0.3) is 0 Å². The molecule has 0 unspecified atom stereocenters. The summed E-state index contributed by atoms with van der Waals surface area (Å²) in [6.07, 6.45) is 6.01. The molecule has 0 amide bonds. The first-order valence-electron chi connectivity index (χ1n) is 4.89. The summed E-state index contributed by atoms with van der Waals surface area (Å²) < 4.78 is 5.56. The van der Waals surface area contributed by atoms with Crippen LogP contribution in [0.1, 0.15) is 46.5 Å². The highest BCUT2D eigenvalue weighted by atomic mass is 28.2. The first-order valence-corrected chi connectivity index (χ1v) is 6.46. The van der Waals surface area contributed by atoms with Gasteiger partial charge in [0.15, 0.2) is 9.76 Å². The standard InChI is InChI=1S/C9H22OSi/c1-4-5-6-7-8-11-10-9(2)3/h9H,4-8,11H2,1-3H3. The van der Waals surface area contributed by atoms with E-state index in [-0.39, 0.29) is 9.76 Å². The van der Waals surface area contributed by atoms with Crippen LogP contribution in [-0.2, 0) is 4.43 Å². The smallest absolute Gasteiger partial charge is 0.161 e. The van der Waals surface area contributed by atoms with Gasteiger partial charge in [0.1, 0.15) is 0 Å². The molecule has 2 heteroatoms. The van der Waals surface area contributed by atoms with Crippen molar-refractivity contribution in [2.24, 2.45) is 0 Å². The molecule has 0 aliphatic rings. The van der Waals surface area contributed by atoms with Crippen molar-refractivity contribution in [2.75, 3.05) is 0 Å². The molecular weight excluding hydrogens is 152 g/mol. The predicted octanol–water partition coefficient (Wildman–Crippen LogP) is 2.49. The molecule has 0 aromatic carbocycles. The third-order valence-corrected chi connectivity index (χ3v) is 3.39. The van der Waals surface area contributed by atoms with Crippen molar-refractivity contribution in [3.63, 3.8) is 0 Å². The van der Waals surface area contributed by atoms with Crippen molar-refractivity contribution in [1.29, 1.82) is 0 Å². The zero-order valence-electron chi connectivity index (χ0n) is 8.23. The Bertz CT molecular complexity index is 74.0. The molecule has 0 aliphatic heterocycles. The Morgan fingerprint density at radius 3 is 2.45 bits per heavy atom. The fraction of sp³-hybridized carbons (Fsp3) is 1.00. The van der Waals surface area contributed by atoms with E-state index >= 15 is 0 Å². The van der Waals surface area contributed by atoms with Crippen LogP contribution < -0.4 is 0 Å². The lowest BCUT2D eigenvalue weighted by Gasteiger charge is -2.06. The van der Waals surface area contributed by atoms with Crippen molar-refractivity contribution in [3.05, 3.63) is 0 Å². The zero-order valence-corrected chi connectivity index (χ0v) is 9.64. The maximum atomic E-state index is 5.56. The van der Waals surface area contributed by atoms with Gasteiger partial charge in [0, 0.05) is 6.10 Å². The molecule has 0 aliphatic carbocycles. The third kappa shape index (κ3) is 10.2. The van der Waals surface area contributed by atoms with Crippen LogP contribution in [0.4, 0.5) is 0 Å². The van der Waals surface area contributed by atoms with E-state index in [4.69, 9.17) is 4.43 Å². The Morgan fingerprint density at radius 2 is 1.91 bits per heavy atom. The number of unbranched alkanes of at least 4 members (excludes halogenated alkanes) is 3. The summed E-state index contributed by atoms with van der Waals surface area (Å²) >= 11 is 0. The minimum absolute atomic E-state index is 0.164. The molecule has 0 heterocycles. The Morgan fingerprint density at radius 1 is 1.18 bits per heavy atom. The van der Waals surface area contributed by atoms with Gasteiger partial charge in [-0.15, -0.1) is 0 Å². The summed E-state index contributed by atoms with van der Waals surface area (Å²) in [7, 11) is -0.164. The molecule has 1 nitrogen and oxygen atoms in total. The van der Waals surface area contributed by atoms with Gasteiger partial charge in [0.2, 0.25) is 0 Å². The van der Waals surface area contributed by atoms with Crippen LogP contribution in [0, 0.1) is 0 Å². The Labute approximate surface area is 73.5 Å². The van der Waals surface area contributed by atoms with Gasteiger partial charge in [-0.3, -0.25) is 0 Å². The van der Waals surface area contributed by atoms with E-state index in [1.807, 2.05) is 0 Å². The average molecular weight is 174 g/mol. The second-order valence-corrected chi connectivity index (χ2v) is 4.78. The van der Waals surface area contributed by atoms with E-state index in [0.29, 0.717) is 6.10 Å². The molecule has 0 atom stereocenters. The Balaban J connectivity index is 2.80. The monoisotopic (exact) mass is 174 g/mol. The highest BCUT2D eigenvalue weighted by Gasteiger charge is 1.93. The van der Waals surface area contributed by atoms with E-state index < -0.39 is 0 Å². The second-order valence-electron chi connectivity index (χ2n) is 3.33. The topological polar surface area (TPSA) is 9.23 Å². The van der Waals surface area contributed by atoms with Crippen molar-refractivity contribution in [3.8, 4) is 0 Å². The largest absolute Gasteiger partial charge is 0.422 e. The lowest BCUT2D eigenvalue weighted by molar-refractivity contribution is 0.254. The van der Waals surface area contributed by atoms with Crippen LogP contribution >= 0.6 is 0 Å². The number of hydrogen-bond donors (Lipinski definition) is 0. The Kier molecular flexibility index (Phi) is 8.41. The van der Waals surface area contributed by atoms with Gasteiger partial charge < -0.3 is 4.43 Å². The van der Waals surface area contributed by atoms with Gasteiger partial charge in [-0.2, -0.15) is 0 Å². The van der Waals surface area contributed by atoms with Crippen molar-refractivity contribution >= 4 is 9.76 Å². The SMILES string of the molecule is CCCCCC[SiH2]OC(C)C. The quantitative estimate of drug-likeness (QED) is 0.426. The highest BCUT2D eigenvalue weighted by Crippen LogP contribution is 2.02. The minimum Gasteiger partial charge on any atom is -0.422 e. The lowest BCUT2D eigenvalue weighted by Crippen LogP contribution is -2.06. The molecule has 0 spiro atoms. The molecule has 0 N–H and O–H groups in total. The summed E-state index contributed by atoms with van der Waals surface area (Å²) in [4.78, 5) is 0. The molecular formula is C9H22OSi. The molecule has 68 valence electrons. The zero-order chi connectivity index (χ0) is 8.53. The molecule has 0 saturated carbocycles. The van der Waals surface area contributed by atoms with Gasteiger partial charge in [0.05, 0.1) is 0 Å². The molecule has 0 aromatic rings. The summed E-state index contributed by atoms with van der Waals surface area (Å²) in [5.41, 5.74) is 0. The highest BCUT2D eigenvalue weighted by molar-refractivity contribution is 6.27. The lowest BCUT2D eigenvalue weighted by atomic mass is 10.2. The van der Waals surface area contributed by atoms with E-state index in [1.54, 1.807) is 0 Å². The fourth-order valence-corrected chi connectivity index (χ4v) is 2.22. The summed E-state index contributed by atoms with van der Waals surface area (Å²) in [6, 6.07) is 1.37. The van der Waals surface area contributed by atoms with Gasteiger partial charge in [-0.05, 0) is 19.9 Å². The van der Waals surface area contributed by atoms with Crippen molar-refractivity contribution < 1.29 is 4.43 Å². The summed E-state index contributed by atoms with van der Waals surface area (Å²) in [5, 5.41) is 0. The molecule has 0 rings (SSSR count). The number of rotatable bonds is 7. The first-order chi connectivity index (χ1) is 5.27. The van der Waals surface area contributed by atoms with E-state index in [1.165, 1.54) is 31.7 Å². The third-order valence-electron chi connectivity index (χ3n) is 1.70. The fourth-order valence-electron chi connectivity index (χ4n) is 1.02. The van der Waals surface area contributed by atoms with Crippen LogP contribution in [-0.4, -0.2) is 15.9 Å². The first kappa shape index (κ1) is 11.2. The average Bonchev–Trinajstić information content (AvgIpc) is 1.96. The van der Waals surface area contributed by atoms with Crippen LogP contribution in [0.2, 0.25) is 6.04 Å². The minimum atomic E-state index is -0.164. The van der Waals surface area contributed by atoms with Crippen molar-refractivity contribution in [1.82, 2.24) is 0 Å². The Hall–Kier alpha value is 0.177. The van der Waals surface area contributed by atoms with Gasteiger partial charge in [-0.1, -0.05) is 32.6 Å². The van der Waals surface area contributed by atoms with Gasteiger partial charge in [-0.25, -0.2) is 0 Å². The maximum absolute atomic E-state index is 5.56. The van der Waals surface area contributed by atoms with Crippen LogP contribution in [0.3, 0.4) is 0 Å². The van der Waals surface area contributed by atoms with Crippen LogP contribution in [0.5, 0.6) is 0 Å². The van der Waals surface area contributed by atoms with Gasteiger partial charge >= 0.3 is 0 Å². The van der Waals surface area contributed by atoms with Crippen molar-refractivity contribution in [2.45, 2.75) is 58.6 Å². The molecule has 0 saturated heterocycles. The normalized spacial score (nSPS) is 12.0. The van der Waals surface area contributed by atoms with Crippen LogP contribution in [0.25, 0.3) is 0 Å². The molecule has 0 fully saturated rings. The van der Waals surface area contributed by atoms with E-state index in [9.17, 15) is 0 Å². The molecule has 0 radical (unpaired) electrons.